The van der Waals surface area contributed by atoms with E-state index in [2.05, 4.69) is 10.6 Å². The molecule has 3 aromatic rings. The van der Waals surface area contributed by atoms with Crippen LogP contribution in [0.2, 0.25) is 0 Å². The number of carbonyl (C=O) groups is 4. The number of ketones is 2. The Morgan fingerprint density at radius 1 is 0.955 bits per heavy atom. The van der Waals surface area contributed by atoms with Crippen LogP contribution in [0.5, 0.6) is 5.75 Å². The number of Topliss-reactive ketones (excluding diaryl/α,β-unsaturated/α-hetero) is 2. The second kappa shape index (κ2) is 10.2. The summed E-state index contributed by atoms with van der Waals surface area (Å²) in [6.45, 7) is 0. The number of urea groups is 1. The summed E-state index contributed by atoms with van der Waals surface area (Å²) in [5.74, 6) is -7.38. The van der Waals surface area contributed by atoms with Gasteiger partial charge in [0, 0.05) is 16.9 Å². The number of likely N-dealkylation sites (N-methyl/N-ethyl adjacent to an activating group) is 1. The third-order valence-corrected chi connectivity index (χ3v) is 8.88. The van der Waals surface area contributed by atoms with Crippen molar-refractivity contribution in [2.45, 2.75) is 24.5 Å². The molecule has 0 saturated heterocycles. The molecule has 0 radical (unpaired) electrons. The summed E-state index contributed by atoms with van der Waals surface area (Å²) in [4.78, 5) is 53.7. The maximum absolute atomic E-state index is 14.0. The van der Waals surface area contributed by atoms with Gasteiger partial charge >= 0.3 is 6.03 Å². The van der Waals surface area contributed by atoms with Crippen molar-refractivity contribution in [2.75, 3.05) is 24.7 Å². The summed E-state index contributed by atoms with van der Waals surface area (Å²) in [7, 11) is 3.08. The molecule has 8 N–H and O–H groups in total. The summed E-state index contributed by atoms with van der Waals surface area (Å²) in [5, 5.41) is 52.3. The number of phenolic OH excluding ortho intramolecular Hbond substituents is 1. The van der Waals surface area contributed by atoms with Gasteiger partial charge in [-0.05, 0) is 55.9 Å². The molecule has 3 aromatic carbocycles. The summed E-state index contributed by atoms with van der Waals surface area (Å²) in [6, 6.07) is 14.1. The molecule has 1 saturated carbocycles. The molecule has 0 aromatic heterocycles. The van der Waals surface area contributed by atoms with E-state index in [0.29, 0.717) is 11.3 Å². The SMILES string of the molecule is CN(C)[C@H]1C(=O)C(C(N)=O)=C(O)[C@]2(O)C(=O)C3=C(O)c4c(ccc(NC(=O)Nc5cccc6ccccc56)c4O)C[C@@H]3C[C@H]12. The van der Waals surface area contributed by atoms with Crippen molar-refractivity contribution in [3.8, 4) is 5.75 Å². The van der Waals surface area contributed by atoms with E-state index in [4.69, 9.17) is 5.73 Å². The second-order valence-corrected chi connectivity index (χ2v) is 11.6. The number of phenols is 1. The average Bonchev–Trinajstić information content (AvgIpc) is 2.96. The molecule has 0 aliphatic heterocycles. The number of carbonyl (C=O) groups excluding carboxylic acids is 4. The molecule has 0 unspecified atom stereocenters. The van der Waals surface area contributed by atoms with Crippen LogP contribution in [0.25, 0.3) is 16.5 Å². The number of hydrogen-bond acceptors (Lipinski definition) is 9. The summed E-state index contributed by atoms with van der Waals surface area (Å²) in [5.41, 5.74) is 2.31. The third-order valence-electron chi connectivity index (χ3n) is 8.88. The lowest BCUT2D eigenvalue weighted by molar-refractivity contribution is -0.153. The number of hydrogen-bond donors (Lipinski definition) is 7. The fourth-order valence-corrected chi connectivity index (χ4v) is 6.93. The first-order valence-corrected chi connectivity index (χ1v) is 13.9. The van der Waals surface area contributed by atoms with Crippen LogP contribution < -0.4 is 16.4 Å². The highest BCUT2D eigenvalue weighted by molar-refractivity contribution is 6.24. The van der Waals surface area contributed by atoms with E-state index < -0.39 is 69.8 Å². The Kier molecular flexibility index (Phi) is 6.71. The Hall–Kier alpha value is -5.20. The van der Waals surface area contributed by atoms with Crippen molar-refractivity contribution in [1.29, 1.82) is 0 Å². The molecule has 6 rings (SSSR count). The Labute approximate surface area is 251 Å². The number of nitrogens with one attached hydrogen (secondary N) is 2. The monoisotopic (exact) mass is 598 g/mol. The van der Waals surface area contributed by atoms with Gasteiger partial charge in [0.25, 0.3) is 5.91 Å². The van der Waals surface area contributed by atoms with Gasteiger partial charge in [0.1, 0.15) is 22.8 Å². The number of anilines is 2. The number of fused-ring (bicyclic) bond motifs is 4. The van der Waals surface area contributed by atoms with Gasteiger partial charge in [-0.2, -0.15) is 0 Å². The minimum atomic E-state index is -2.73. The zero-order valence-corrected chi connectivity index (χ0v) is 23.8. The fourth-order valence-electron chi connectivity index (χ4n) is 6.93. The van der Waals surface area contributed by atoms with Crippen LogP contribution in [0.1, 0.15) is 17.5 Å². The van der Waals surface area contributed by atoms with E-state index >= 15 is 0 Å². The molecule has 4 atom stereocenters. The van der Waals surface area contributed by atoms with Gasteiger partial charge in [0.05, 0.1) is 23.0 Å². The lowest BCUT2D eigenvalue weighted by Gasteiger charge is -2.50. The molecule has 3 aliphatic rings. The number of primary amides is 1. The zero-order chi connectivity index (χ0) is 31.7. The first-order chi connectivity index (χ1) is 20.9. The maximum Gasteiger partial charge on any atom is 0.323 e. The van der Waals surface area contributed by atoms with Gasteiger partial charge in [0.2, 0.25) is 5.78 Å². The van der Waals surface area contributed by atoms with Gasteiger partial charge in [0.15, 0.2) is 11.4 Å². The van der Waals surface area contributed by atoms with Crippen LogP contribution in [0.3, 0.4) is 0 Å². The Morgan fingerprint density at radius 2 is 1.64 bits per heavy atom. The summed E-state index contributed by atoms with van der Waals surface area (Å²) < 4.78 is 0. The molecule has 0 bridgehead atoms. The van der Waals surface area contributed by atoms with Crippen LogP contribution >= 0.6 is 0 Å². The summed E-state index contributed by atoms with van der Waals surface area (Å²) in [6.07, 6.45) is 0.130. The number of aliphatic hydroxyl groups is 3. The molecule has 1 fully saturated rings. The molecular formula is C32H30N4O8. The van der Waals surface area contributed by atoms with Crippen molar-refractivity contribution >= 4 is 51.4 Å². The third kappa shape index (κ3) is 4.13. The quantitative estimate of drug-likeness (QED) is 0.174. The van der Waals surface area contributed by atoms with Gasteiger partial charge in [-0.25, -0.2) is 4.79 Å². The van der Waals surface area contributed by atoms with Crippen molar-refractivity contribution in [1.82, 2.24) is 4.90 Å². The van der Waals surface area contributed by atoms with Crippen molar-refractivity contribution in [2.24, 2.45) is 17.6 Å². The largest absolute Gasteiger partial charge is 0.508 e. The second-order valence-electron chi connectivity index (χ2n) is 11.6. The first kappa shape index (κ1) is 28.9. The van der Waals surface area contributed by atoms with E-state index in [-0.39, 0.29) is 29.7 Å². The van der Waals surface area contributed by atoms with E-state index in [1.807, 2.05) is 30.3 Å². The molecule has 12 heteroatoms. The van der Waals surface area contributed by atoms with Crippen molar-refractivity contribution < 1.29 is 39.6 Å². The molecule has 3 amide bonds. The summed E-state index contributed by atoms with van der Waals surface area (Å²) >= 11 is 0. The van der Waals surface area contributed by atoms with Crippen LogP contribution in [0.15, 0.2) is 71.5 Å². The Bertz CT molecular complexity index is 1860. The number of amides is 3. The highest BCUT2D eigenvalue weighted by Crippen LogP contribution is 2.53. The normalized spacial score (nSPS) is 24.6. The zero-order valence-electron chi connectivity index (χ0n) is 23.8. The van der Waals surface area contributed by atoms with Crippen LogP contribution in [0, 0.1) is 11.8 Å². The minimum Gasteiger partial charge on any atom is -0.508 e. The molecule has 0 spiro atoms. The fraction of sp³-hybridized carbons (Fsp3) is 0.250. The maximum atomic E-state index is 14.0. The highest BCUT2D eigenvalue weighted by Gasteiger charge is 2.64. The topological polar surface area (TPSA) is 203 Å². The number of benzene rings is 3. The van der Waals surface area contributed by atoms with Gasteiger partial charge in [-0.3, -0.25) is 19.3 Å². The lowest BCUT2D eigenvalue weighted by atomic mass is 9.57. The van der Waals surface area contributed by atoms with E-state index in [0.717, 1.165) is 10.8 Å². The molecule has 0 heterocycles. The average molecular weight is 599 g/mol. The smallest absolute Gasteiger partial charge is 0.323 e. The van der Waals surface area contributed by atoms with Crippen LogP contribution in [-0.4, -0.2) is 74.6 Å². The Balaban J connectivity index is 1.37. The van der Waals surface area contributed by atoms with Crippen LogP contribution in [0.4, 0.5) is 16.2 Å². The number of nitrogens with zero attached hydrogens (tertiary/aromatic N) is 1. The van der Waals surface area contributed by atoms with Crippen molar-refractivity contribution in [3.63, 3.8) is 0 Å². The van der Waals surface area contributed by atoms with Crippen LogP contribution in [-0.2, 0) is 20.8 Å². The van der Waals surface area contributed by atoms with Gasteiger partial charge in [-0.15, -0.1) is 0 Å². The standard InChI is InChI=1S/C32H30N4O8/c1-36(2)24-18-13-16-12-15-10-11-20(35-31(43)34-19-9-5-7-14-6-3-4-8-17(14)19)25(37)21(15)26(38)22(16)28(40)32(18,44)29(41)23(27(24)39)30(33)42/h3-11,16,18,24,37-38,41,44H,12-13H2,1-2H3,(H2,33,42)(H2,34,35,43)/t16-,18-,24-,32-/m1/s1. The minimum absolute atomic E-state index is 0.0139. The number of aliphatic hydroxyl groups excluding tert-OH is 2. The molecule has 226 valence electrons. The highest BCUT2D eigenvalue weighted by atomic mass is 16.3. The number of nitrogens with two attached hydrogens (primary N) is 1. The van der Waals surface area contributed by atoms with Gasteiger partial charge in [-0.1, -0.05) is 42.5 Å². The van der Waals surface area contributed by atoms with E-state index in [9.17, 15) is 39.6 Å². The number of rotatable bonds is 4. The van der Waals surface area contributed by atoms with Crippen molar-refractivity contribution in [3.05, 3.63) is 82.6 Å². The van der Waals surface area contributed by atoms with E-state index in [1.165, 1.54) is 25.1 Å². The predicted molar refractivity (Wildman–Crippen MR) is 161 cm³/mol. The van der Waals surface area contributed by atoms with Gasteiger partial charge < -0.3 is 36.8 Å². The number of aromatic hydroxyl groups is 1. The molecular weight excluding hydrogens is 568 g/mol. The molecule has 12 nitrogen and oxygen atoms in total. The Morgan fingerprint density at radius 3 is 2.34 bits per heavy atom. The molecule has 3 aliphatic carbocycles. The molecule has 44 heavy (non-hydrogen) atoms. The van der Waals surface area contributed by atoms with E-state index in [1.54, 1.807) is 18.2 Å². The predicted octanol–water partition coefficient (Wildman–Crippen LogP) is 2.76. The first-order valence-electron chi connectivity index (χ1n) is 13.9. The lowest BCUT2D eigenvalue weighted by Crippen LogP contribution is -2.65.